The summed E-state index contributed by atoms with van der Waals surface area (Å²) in [5, 5.41) is 3.49. The van der Waals surface area contributed by atoms with Crippen LogP contribution >= 0.6 is 0 Å². The number of nitrogens with zero attached hydrogens (tertiary/aromatic N) is 1. The number of carbonyl (C=O) groups excluding carboxylic acids is 1. The molecule has 0 unspecified atom stereocenters. The number of para-hydroxylation sites is 1. The molecule has 0 aromatic heterocycles. The molecular weight excluding hydrogens is 288 g/mol. The molecular formula is C19H32N2O2. The maximum absolute atomic E-state index is 12.3. The average molecular weight is 320 g/mol. The topological polar surface area (TPSA) is 41.6 Å². The largest absolute Gasteiger partial charge is 0.444 e. The number of nitrogens with one attached hydrogen (secondary N) is 1. The van der Waals surface area contributed by atoms with Crippen LogP contribution in [0.2, 0.25) is 0 Å². The van der Waals surface area contributed by atoms with Gasteiger partial charge in [0.15, 0.2) is 0 Å². The third-order valence-corrected chi connectivity index (χ3v) is 3.51. The van der Waals surface area contributed by atoms with Crippen LogP contribution in [0.3, 0.4) is 0 Å². The van der Waals surface area contributed by atoms with Crippen molar-refractivity contribution >= 4 is 11.8 Å². The van der Waals surface area contributed by atoms with E-state index in [1.807, 2.05) is 39.8 Å². The summed E-state index contributed by atoms with van der Waals surface area (Å²) in [5.41, 5.74) is 1.75. The summed E-state index contributed by atoms with van der Waals surface area (Å²) in [5.74, 6) is 0. The van der Waals surface area contributed by atoms with E-state index < -0.39 is 5.60 Å². The van der Waals surface area contributed by atoms with Crippen molar-refractivity contribution in [3.8, 4) is 0 Å². The Morgan fingerprint density at radius 2 is 1.87 bits per heavy atom. The molecule has 0 saturated heterocycles. The van der Waals surface area contributed by atoms with Gasteiger partial charge >= 0.3 is 6.09 Å². The monoisotopic (exact) mass is 320 g/mol. The Labute approximate surface area is 141 Å². The molecule has 0 aliphatic heterocycles. The summed E-state index contributed by atoms with van der Waals surface area (Å²) >= 11 is 0. The van der Waals surface area contributed by atoms with Crippen LogP contribution in [0.15, 0.2) is 24.3 Å². The van der Waals surface area contributed by atoms with Gasteiger partial charge in [0.2, 0.25) is 0 Å². The molecule has 23 heavy (non-hydrogen) atoms. The van der Waals surface area contributed by atoms with Crippen molar-refractivity contribution in [3.05, 3.63) is 29.8 Å². The van der Waals surface area contributed by atoms with E-state index in [1.165, 1.54) is 12.8 Å². The van der Waals surface area contributed by atoms with Crippen molar-refractivity contribution in [2.24, 2.45) is 0 Å². The van der Waals surface area contributed by atoms with E-state index in [9.17, 15) is 4.79 Å². The Hall–Kier alpha value is -1.71. The molecule has 1 N–H and O–H groups in total. The van der Waals surface area contributed by atoms with Gasteiger partial charge < -0.3 is 15.0 Å². The van der Waals surface area contributed by atoms with Crippen molar-refractivity contribution in [2.45, 2.75) is 66.0 Å². The van der Waals surface area contributed by atoms with Crippen molar-refractivity contribution < 1.29 is 9.53 Å². The first-order valence-electron chi connectivity index (χ1n) is 8.67. The van der Waals surface area contributed by atoms with Gasteiger partial charge in [-0.05, 0) is 45.7 Å². The molecule has 0 fully saturated rings. The second kappa shape index (κ2) is 9.43. The van der Waals surface area contributed by atoms with E-state index in [1.54, 1.807) is 4.90 Å². The summed E-state index contributed by atoms with van der Waals surface area (Å²) in [4.78, 5) is 14.0. The minimum atomic E-state index is -0.470. The van der Waals surface area contributed by atoms with Gasteiger partial charge in [0.05, 0.1) is 6.54 Å². The summed E-state index contributed by atoms with van der Waals surface area (Å²) in [7, 11) is 0. The molecule has 1 aromatic carbocycles. The Balaban J connectivity index is 2.71. The van der Waals surface area contributed by atoms with Crippen molar-refractivity contribution in [1.29, 1.82) is 0 Å². The molecule has 0 heterocycles. The Kier molecular flexibility index (Phi) is 7.93. The number of carbonyl (C=O) groups is 1. The lowest BCUT2D eigenvalue weighted by Gasteiger charge is -2.27. The summed E-state index contributed by atoms with van der Waals surface area (Å²) in [6, 6.07) is 8.17. The highest BCUT2D eigenvalue weighted by Gasteiger charge is 2.21. The van der Waals surface area contributed by atoms with E-state index in [-0.39, 0.29) is 6.09 Å². The van der Waals surface area contributed by atoms with Crippen LogP contribution in [0.4, 0.5) is 10.5 Å². The smallest absolute Gasteiger partial charge is 0.410 e. The van der Waals surface area contributed by atoms with Crippen LogP contribution < -0.4 is 5.32 Å². The average Bonchev–Trinajstić information content (AvgIpc) is 2.48. The first kappa shape index (κ1) is 19.3. The third-order valence-electron chi connectivity index (χ3n) is 3.51. The van der Waals surface area contributed by atoms with Crippen LogP contribution in [0, 0.1) is 0 Å². The Morgan fingerprint density at radius 3 is 2.48 bits per heavy atom. The van der Waals surface area contributed by atoms with Crippen LogP contribution in [-0.4, -0.2) is 29.7 Å². The number of hydrogen-bond acceptors (Lipinski definition) is 3. The molecule has 0 radical (unpaired) electrons. The highest BCUT2D eigenvalue weighted by molar-refractivity contribution is 5.68. The Bertz CT molecular complexity index is 481. The quantitative estimate of drug-likeness (QED) is 0.682. The maximum atomic E-state index is 12.3. The van der Waals surface area contributed by atoms with Crippen LogP contribution in [0.1, 0.15) is 59.4 Å². The van der Waals surface area contributed by atoms with Crippen molar-refractivity contribution in [3.63, 3.8) is 0 Å². The first-order valence-corrected chi connectivity index (χ1v) is 8.67. The number of ether oxygens (including phenoxy) is 1. The van der Waals surface area contributed by atoms with Gasteiger partial charge in [0.25, 0.3) is 0 Å². The zero-order chi connectivity index (χ0) is 17.3. The normalized spacial score (nSPS) is 11.2. The lowest BCUT2D eigenvalue weighted by atomic mass is 10.1. The molecule has 0 atom stereocenters. The molecule has 4 nitrogen and oxygen atoms in total. The predicted octanol–water partition coefficient (Wildman–Crippen LogP) is 5.05. The number of rotatable bonds is 8. The van der Waals surface area contributed by atoms with Gasteiger partial charge in [-0.15, -0.1) is 0 Å². The zero-order valence-corrected chi connectivity index (χ0v) is 15.3. The van der Waals surface area contributed by atoms with E-state index in [0.717, 1.165) is 24.2 Å². The van der Waals surface area contributed by atoms with E-state index in [2.05, 4.69) is 24.4 Å². The third kappa shape index (κ3) is 7.40. The zero-order valence-electron chi connectivity index (χ0n) is 15.3. The number of hydrogen-bond donors (Lipinski definition) is 1. The first-order chi connectivity index (χ1) is 10.9. The Morgan fingerprint density at radius 1 is 1.17 bits per heavy atom. The molecule has 0 bridgehead atoms. The maximum Gasteiger partial charge on any atom is 0.410 e. The molecule has 130 valence electrons. The SMILES string of the molecule is CCCCCNc1ccccc1CN(CC)C(=O)OC(C)(C)C. The van der Waals surface area contributed by atoms with Crippen molar-refractivity contribution in [2.75, 3.05) is 18.4 Å². The van der Waals surface area contributed by atoms with Gasteiger partial charge in [-0.1, -0.05) is 38.0 Å². The number of amides is 1. The molecule has 0 spiro atoms. The molecule has 0 aliphatic carbocycles. The van der Waals surface area contributed by atoms with Crippen LogP contribution in [0.5, 0.6) is 0 Å². The predicted molar refractivity (Wildman–Crippen MR) is 96.8 cm³/mol. The minimum absolute atomic E-state index is 0.263. The fraction of sp³-hybridized carbons (Fsp3) is 0.632. The minimum Gasteiger partial charge on any atom is -0.444 e. The fourth-order valence-corrected chi connectivity index (χ4v) is 2.27. The van der Waals surface area contributed by atoms with E-state index in [4.69, 9.17) is 4.74 Å². The van der Waals surface area contributed by atoms with Crippen LogP contribution in [-0.2, 0) is 11.3 Å². The van der Waals surface area contributed by atoms with Gasteiger partial charge in [-0.3, -0.25) is 0 Å². The summed E-state index contributed by atoms with van der Waals surface area (Å²) in [6.45, 7) is 12.0. The fourth-order valence-electron chi connectivity index (χ4n) is 2.27. The van der Waals surface area contributed by atoms with E-state index >= 15 is 0 Å². The number of unbranched alkanes of at least 4 members (excludes halogenated alkanes) is 2. The molecule has 1 aromatic rings. The molecule has 1 rings (SSSR count). The lowest BCUT2D eigenvalue weighted by Crippen LogP contribution is -2.36. The second-order valence-corrected chi connectivity index (χ2v) is 6.79. The van der Waals surface area contributed by atoms with Crippen molar-refractivity contribution in [1.82, 2.24) is 4.90 Å². The van der Waals surface area contributed by atoms with Gasteiger partial charge in [-0.25, -0.2) is 4.79 Å². The standard InChI is InChI=1S/C19H32N2O2/c1-6-8-11-14-20-17-13-10-9-12-16(17)15-21(7-2)18(22)23-19(3,4)5/h9-10,12-13,20H,6-8,11,14-15H2,1-5H3. The van der Waals surface area contributed by atoms with Gasteiger partial charge in [0.1, 0.15) is 5.60 Å². The highest BCUT2D eigenvalue weighted by atomic mass is 16.6. The summed E-state index contributed by atoms with van der Waals surface area (Å²) < 4.78 is 5.48. The number of benzene rings is 1. The summed E-state index contributed by atoms with van der Waals surface area (Å²) in [6.07, 6.45) is 3.34. The second-order valence-electron chi connectivity index (χ2n) is 6.79. The van der Waals surface area contributed by atoms with Gasteiger partial charge in [-0.2, -0.15) is 0 Å². The molecule has 0 saturated carbocycles. The lowest BCUT2D eigenvalue weighted by molar-refractivity contribution is 0.0245. The molecule has 1 amide bonds. The van der Waals surface area contributed by atoms with Gasteiger partial charge in [0, 0.05) is 18.8 Å². The van der Waals surface area contributed by atoms with Crippen LogP contribution in [0.25, 0.3) is 0 Å². The molecule has 0 aliphatic rings. The highest BCUT2D eigenvalue weighted by Crippen LogP contribution is 2.19. The number of anilines is 1. The van der Waals surface area contributed by atoms with E-state index in [0.29, 0.717) is 13.1 Å². The molecule has 4 heteroatoms.